The Labute approximate surface area is 127 Å². The van der Waals surface area contributed by atoms with Gasteiger partial charge in [0.05, 0.1) is 4.90 Å². The number of hydrogen-bond donors (Lipinski definition) is 1. The van der Waals surface area contributed by atoms with Gasteiger partial charge < -0.3 is 0 Å². The van der Waals surface area contributed by atoms with Crippen LogP contribution in [0.1, 0.15) is 39.5 Å². The van der Waals surface area contributed by atoms with Gasteiger partial charge in [-0.25, -0.2) is 13.1 Å². The highest BCUT2D eigenvalue weighted by molar-refractivity contribution is 7.98. The summed E-state index contributed by atoms with van der Waals surface area (Å²) in [5.41, 5.74) is 0. The van der Waals surface area contributed by atoms with Crippen LogP contribution in [0, 0.1) is 5.92 Å². The van der Waals surface area contributed by atoms with Crippen molar-refractivity contribution in [2.45, 2.75) is 49.3 Å². The van der Waals surface area contributed by atoms with Crippen molar-refractivity contribution in [2.24, 2.45) is 5.92 Å². The molecule has 0 heterocycles. The number of sulfonamides is 1. The van der Waals surface area contributed by atoms with E-state index in [1.165, 1.54) is 0 Å². The van der Waals surface area contributed by atoms with Crippen molar-refractivity contribution in [3.05, 3.63) is 24.3 Å². The molecule has 1 rings (SSSR count). The molecule has 0 saturated carbocycles. The molecule has 1 atom stereocenters. The molecule has 0 saturated heterocycles. The average Bonchev–Trinajstić information content (AvgIpc) is 2.47. The first kappa shape index (κ1) is 17.5. The molecule has 5 heteroatoms. The fraction of sp³-hybridized carbons (Fsp3) is 0.600. The Balaban J connectivity index is 2.63. The maximum atomic E-state index is 12.2. The summed E-state index contributed by atoms with van der Waals surface area (Å²) in [7, 11) is -3.37. The van der Waals surface area contributed by atoms with Gasteiger partial charge in [-0.15, -0.1) is 11.8 Å². The minimum atomic E-state index is -3.37. The second-order valence-corrected chi connectivity index (χ2v) is 7.59. The van der Waals surface area contributed by atoms with Crippen LogP contribution in [0.15, 0.2) is 34.1 Å². The van der Waals surface area contributed by atoms with Crippen molar-refractivity contribution in [1.82, 2.24) is 4.72 Å². The van der Waals surface area contributed by atoms with Gasteiger partial charge in [-0.1, -0.05) is 33.1 Å². The topological polar surface area (TPSA) is 46.2 Å². The highest BCUT2D eigenvalue weighted by Gasteiger charge is 2.15. The van der Waals surface area contributed by atoms with E-state index in [0.29, 0.717) is 17.4 Å². The van der Waals surface area contributed by atoms with E-state index in [4.69, 9.17) is 0 Å². The summed E-state index contributed by atoms with van der Waals surface area (Å²) in [6.07, 6.45) is 6.37. The molecule has 0 unspecified atom stereocenters. The van der Waals surface area contributed by atoms with Gasteiger partial charge in [0.25, 0.3) is 0 Å². The van der Waals surface area contributed by atoms with Gasteiger partial charge in [0, 0.05) is 11.4 Å². The second kappa shape index (κ2) is 8.70. The Morgan fingerprint density at radius 3 is 2.35 bits per heavy atom. The maximum Gasteiger partial charge on any atom is 0.240 e. The van der Waals surface area contributed by atoms with Gasteiger partial charge in [0.15, 0.2) is 0 Å². The van der Waals surface area contributed by atoms with E-state index >= 15 is 0 Å². The van der Waals surface area contributed by atoms with Crippen molar-refractivity contribution >= 4 is 21.8 Å². The van der Waals surface area contributed by atoms with E-state index < -0.39 is 10.0 Å². The SMILES string of the molecule is CCCC[C@H](CC)CNS(=O)(=O)c1ccc(SC)cc1. The molecule has 0 bridgehead atoms. The van der Waals surface area contributed by atoms with Gasteiger partial charge in [-0.3, -0.25) is 0 Å². The highest BCUT2D eigenvalue weighted by atomic mass is 32.2. The molecule has 0 aliphatic heterocycles. The fourth-order valence-corrected chi connectivity index (χ4v) is 3.53. The zero-order valence-electron chi connectivity index (χ0n) is 12.6. The second-order valence-electron chi connectivity index (χ2n) is 4.94. The van der Waals surface area contributed by atoms with Gasteiger partial charge in [0.2, 0.25) is 10.0 Å². The van der Waals surface area contributed by atoms with Crippen LogP contribution in [0.5, 0.6) is 0 Å². The van der Waals surface area contributed by atoms with Gasteiger partial charge in [-0.2, -0.15) is 0 Å². The minimum Gasteiger partial charge on any atom is -0.211 e. The van der Waals surface area contributed by atoms with Crippen LogP contribution in [0.2, 0.25) is 0 Å². The zero-order chi connectivity index (χ0) is 15.0. The van der Waals surface area contributed by atoms with Crippen molar-refractivity contribution in [2.75, 3.05) is 12.8 Å². The molecule has 0 fully saturated rings. The Morgan fingerprint density at radius 1 is 1.20 bits per heavy atom. The molecule has 0 spiro atoms. The summed E-state index contributed by atoms with van der Waals surface area (Å²) < 4.78 is 27.2. The first-order chi connectivity index (χ1) is 9.53. The van der Waals surface area contributed by atoms with Gasteiger partial charge >= 0.3 is 0 Å². The molecule has 0 aliphatic carbocycles. The predicted octanol–water partition coefficient (Wildman–Crippen LogP) is 3.90. The van der Waals surface area contributed by atoms with E-state index in [0.717, 1.165) is 30.6 Å². The number of thioether (sulfide) groups is 1. The molecular weight excluding hydrogens is 290 g/mol. The summed E-state index contributed by atoms with van der Waals surface area (Å²) in [5.74, 6) is 0.426. The van der Waals surface area contributed by atoms with Gasteiger partial charge in [0.1, 0.15) is 0 Å². The number of benzene rings is 1. The molecule has 0 radical (unpaired) electrons. The third-order valence-corrected chi connectivity index (χ3v) is 5.66. The third kappa shape index (κ3) is 5.46. The minimum absolute atomic E-state index is 0.348. The smallest absolute Gasteiger partial charge is 0.211 e. The van der Waals surface area contributed by atoms with E-state index in [1.54, 1.807) is 23.9 Å². The Morgan fingerprint density at radius 2 is 1.85 bits per heavy atom. The fourth-order valence-electron chi connectivity index (χ4n) is 2.01. The molecule has 0 aliphatic rings. The molecular formula is C15H25NO2S2. The van der Waals surface area contributed by atoms with Crippen LogP contribution in [0.4, 0.5) is 0 Å². The lowest BCUT2D eigenvalue weighted by Crippen LogP contribution is -2.29. The van der Waals surface area contributed by atoms with Crippen molar-refractivity contribution in [3.63, 3.8) is 0 Å². The lowest BCUT2D eigenvalue weighted by molar-refractivity contribution is 0.443. The summed E-state index contributed by atoms with van der Waals surface area (Å²) >= 11 is 1.60. The van der Waals surface area contributed by atoms with E-state index in [2.05, 4.69) is 18.6 Å². The Bertz CT molecular complexity index is 483. The first-order valence-corrected chi connectivity index (χ1v) is 9.88. The molecule has 1 aromatic carbocycles. The maximum absolute atomic E-state index is 12.2. The van der Waals surface area contributed by atoms with Gasteiger partial charge in [-0.05, 0) is 42.9 Å². The van der Waals surface area contributed by atoms with E-state index in [-0.39, 0.29) is 0 Å². The van der Waals surface area contributed by atoms with Crippen LogP contribution < -0.4 is 4.72 Å². The largest absolute Gasteiger partial charge is 0.240 e. The highest BCUT2D eigenvalue weighted by Crippen LogP contribution is 2.18. The number of unbranched alkanes of at least 4 members (excludes halogenated alkanes) is 1. The summed E-state index contributed by atoms with van der Waals surface area (Å²) in [5, 5.41) is 0. The average molecular weight is 316 g/mol. The van der Waals surface area contributed by atoms with E-state index in [1.807, 2.05) is 18.4 Å². The van der Waals surface area contributed by atoms with Crippen LogP contribution >= 0.6 is 11.8 Å². The predicted molar refractivity (Wildman–Crippen MR) is 86.7 cm³/mol. The Kier molecular flexibility index (Phi) is 7.62. The normalized spacial score (nSPS) is 13.3. The molecule has 114 valence electrons. The summed E-state index contributed by atoms with van der Waals surface area (Å²) in [4.78, 5) is 1.42. The molecule has 20 heavy (non-hydrogen) atoms. The zero-order valence-corrected chi connectivity index (χ0v) is 14.2. The third-order valence-electron chi connectivity index (χ3n) is 3.48. The van der Waals surface area contributed by atoms with Crippen molar-refractivity contribution < 1.29 is 8.42 Å². The lowest BCUT2D eigenvalue weighted by Gasteiger charge is -2.15. The quantitative estimate of drug-likeness (QED) is 0.703. The number of nitrogens with one attached hydrogen (secondary N) is 1. The van der Waals surface area contributed by atoms with Crippen LogP contribution in [0.3, 0.4) is 0 Å². The molecule has 1 N–H and O–H groups in total. The van der Waals surface area contributed by atoms with E-state index in [9.17, 15) is 8.42 Å². The Hall–Kier alpha value is -0.520. The first-order valence-electron chi connectivity index (χ1n) is 7.17. The monoisotopic (exact) mass is 315 g/mol. The van der Waals surface area contributed by atoms with Crippen LogP contribution in [-0.4, -0.2) is 21.2 Å². The molecule has 0 amide bonds. The molecule has 3 nitrogen and oxygen atoms in total. The number of rotatable bonds is 9. The lowest BCUT2D eigenvalue weighted by atomic mass is 10.00. The molecule has 0 aromatic heterocycles. The van der Waals surface area contributed by atoms with Crippen LogP contribution in [0.25, 0.3) is 0 Å². The van der Waals surface area contributed by atoms with Crippen molar-refractivity contribution in [3.8, 4) is 0 Å². The molecule has 1 aromatic rings. The number of hydrogen-bond acceptors (Lipinski definition) is 3. The summed E-state index contributed by atoms with van der Waals surface area (Å²) in [6, 6.07) is 7.02. The summed E-state index contributed by atoms with van der Waals surface area (Å²) in [6.45, 7) is 4.80. The standard InChI is InChI=1S/C15H25NO2S2/c1-4-6-7-13(5-2)12-16-20(17,18)15-10-8-14(19-3)9-11-15/h8-11,13,16H,4-7,12H2,1-3H3/t13-/m0/s1. The van der Waals surface area contributed by atoms with Crippen molar-refractivity contribution in [1.29, 1.82) is 0 Å². The van der Waals surface area contributed by atoms with Crippen LogP contribution in [-0.2, 0) is 10.0 Å².